The molecule has 0 aliphatic carbocycles. The summed E-state index contributed by atoms with van der Waals surface area (Å²) in [6.07, 6.45) is 0.461. The summed E-state index contributed by atoms with van der Waals surface area (Å²) in [5.74, 6) is -1.54. The zero-order valence-corrected chi connectivity index (χ0v) is 20.2. The van der Waals surface area contributed by atoms with Gasteiger partial charge in [-0.15, -0.1) is 24.4 Å². The normalized spacial score (nSPS) is 29.9. The van der Waals surface area contributed by atoms with Crippen LogP contribution in [0.4, 0.5) is 5.69 Å². The van der Waals surface area contributed by atoms with Gasteiger partial charge in [0.15, 0.2) is 6.23 Å². The summed E-state index contributed by atoms with van der Waals surface area (Å²) in [6.45, 7) is 5.47. The lowest BCUT2D eigenvalue weighted by Gasteiger charge is -2.49. The van der Waals surface area contributed by atoms with Gasteiger partial charge in [-0.1, -0.05) is 12.1 Å². The molecule has 176 valence electrons. The fourth-order valence-corrected chi connectivity index (χ4v) is 7.29. The molecule has 4 unspecified atom stereocenters. The number of nitro groups is 1. The van der Waals surface area contributed by atoms with E-state index in [0.29, 0.717) is 11.3 Å². The number of amides is 1. The van der Waals surface area contributed by atoms with E-state index in [4.69, 9.17) is 0 Å². The van der Waals surface area contributed by atoms with E-state index in [-0.39, 0.29) is 29.1 Å². The van der Waals surface area contributed by atoms with Crippen molar-refractivity contribution in [2.45, 2.75) is 63.7 Å². The average molecular weight is 493 g/mol. The number of aliphatic carboxylic acids is 1. The minimum atomic E-state index is -1.24. The average Bonchev–Trinajstić information content (AvgIpc) is 3.13. The summed E-state index contributed by atoms with van der Waals surface area (Å²) < 4.78 is -0.571. The van der Waals surface area contributed by atoms with E-state index in [1.807, 2.05) is 13.8 Å². The Morgan fingerprint density at radius 3 is 2.48 bits per heavy atom. The fourth-order valence-electron chi connectivity index (χ4n) is 5.42. The van der Waals surface area contributed by atoms with E-state index in [1.165, 1.54) is 19.1 Å². The molecule has 1 aromatic carbocycles. The number of aliphatic hydroxyl groups is 1. The Balaban J connectivity index is 1.61. The standard InChI is InChI=1S/C22H25N3O6S2/c1-11-17(9-6-14-4-7-15(8-5-14)24(30)31)33-12(2)23(11)19-16-10-18(27)25(16,13(3)26)20(21(19)32)22(28)29/h4-5,7-8,12-13,16,19,26H,6,9-10H2,1-3H3,(H-,28,29,32)/p+1/t12?,13-,16?,19?,25?/m1/s1. The number of rotatable bonds is 7. The Bertz CT molecular complexity index is 1100. The van der Waals surface area contributed by atoms with Gasteiger partial charge in [0, 0.05) is 29.7 Å². The molecule has 11 heteroatoms. The second kappa shape index (κ2) is 8.46. The molecule has 5 atom stereocenters. The highest BCUT2D eigenvalue weighted by Gasteiger charge is 2.72. The number of non-ortho nitro benzene ring substituents is 1. The molecule has 3 aliphatic heterocycles. The van der Waals surface area contributed by atoms with Crippen molar-refractivity contribution < 1.29 is 29.2 Å². The maximum atomic E-state index is 12.7. The topological polar surface area (TPSA) is 121 Å². The van der Waals surface area contributed by atoms with Crippen molar-refractivity contribution in [2.24, 2.45) is 0 Å². The number of hydrogen-bond acceptors (Lipinski definition) is 8. The SMILES string of the molecule is CC1=C(CCc2ccc([N+](=O)[O-])cc2)SC(C)N1C1C(S)=C(C(=O)O)[N+]2([C@@H](C)O)C(=O)CC12. The van der Waals surface area contributed by atoms with Crippen molar-refractivity contribution in [3.8, 4) is 0 Å². The maximum Gasteiger partial charge on any atom is 0.391 e. The summed E-state index contributed by atoms with van der Waals surface area (Å²) in [5, 5.41) is 31.2. The van der Waals surface area contributed by atoms with Crippen molar-refractivity contribution in [3.63, 3.8) is 0 Å². The lowest BCUT2D eigenvalue weighted by Crippen LogP contribution is -2.73. The predicted molar refractivity (Wildman–Crippen MR) is 126 cm³/mol. The van der Waals surface area contributed by atoms with E-state index in [2.05, 4.69) is 17.5 Å². The van der Waals surface area contributed by atoms with Crippen LogP contribution in [-0.4, -0.2) is 60.1 Å². The van der Waals surface area contributed by atoms with Crippen LogP contribution in [0.25, 0.3) is 0 Å². The molecule has 9 nitrogen and oxygen atoms in total. The molecule has 0 saturated carbocycles. The summed E-state index contributed by atoms with van der Waals surface area (Å²) >= 11 is 6.26. The van der Waals surface area contributed by atoms with Gasteiger partial charge in [0.05, 0.1) is 15.2 Å². The van der Waals surface area contributed by atoms with Crippen molar-refractivity contribution in [1.29, 1.82) is 0 Å². The van der Waals surface area contributed by atoms with Gasteiger partial charge < -0.3 is 15.1 Å². The first-order valence-electron chi connectivity index (χ1n) is 10.7. The van der Waals surface area contributed by atoms with Gasteiger partial charge in [-0.2, -0.15) is 4.48 Å². The Hall–Kier alpha value is -2.34. The predicted octanol–water partition coefficient (Wildman–Crippen LogP) is 3.22. The van der Waals surface area contributed by atoms with Crippen LogP contribution in [0.5, 0.6) is 0 Å². The number of thiol groups is 1. The number of nitrogens with zero attached hydrogens (tertiary/aromatic N) is 3. The second-order valence-electron chi connectivity index (χ2n) is 8.61. The van der Waals surface area contributed by atoms with Gasteiger partial charge in [0.25, 0.3) is 5.69 Å². The van der Waals surface area contributed by atoms with Crippen molar-refractivity contribution in [2.75, 3.05) is 0 Å². The Kier molecular flexibility index (Phi) is 6.10. The number of carbonyl (C=O) groups excluding carboxylic acids is 1. The van der Waals surface area contributed by atoms with Gasteiger partial charge in [-0.25, -0.2) is 9.59 Å². The summed E-state index contributed by atoms with van der Waals surface area (Å²) in [6, 6.07) is 5.70. The maximum absolute atomic E-state index is 12.7. The summed E-state index contributed by atoms with van der Waals surface area (Å²) in [7, 11) is 0. The number of carbonyl (C=O) groups is 2. The molecule has 3 aliphatic rings. The Morgan fingerprint density at radius 1 is 1.36 bits per heavy atom. The lowest BCUT2D eigenvalue weighted by atomic mass is 9.91. The van der Waals surface area contributed by atoms with Crippen molar-refractivity contribution in [3.05, 3.63) is 61.1 Å². The number of quaternary nitrogens is 1. The molecule has 1 amide bonds. The molecule has 0 radical (unpaired) electrons. The number of aryl methyl sites for hydroxylation is 1. The molecule has 3 heterocycles. The number of carboxylic acid groups (broad SMARTS) is 1. The number of benzene rings is 1. The van der Waals surface area contributed by atoms with Gasteiger partial charge in [0.1, 0.15) is 18.5 Å². The number of fused-ring (bicyclic) bond motifs is 1. The van der Waals surface area contributed by atoms with Gasteiger partial charge in [0.2, 0.25) is 5.70 Å². The number of β-lactam (4-membered cyclic amide) rings is 1. The van der Waals surface area contributed by atoms with E-state index < -0.39 is 33.7 Å². The first-order chi connectivity index (χ1) is 15.5. The van der Waals surface area contributed by atoms with Crippen LogP contribution in [0.15, 0.2) is 45.5 Å². The first kappa shape index (κ1) is 23.8. The summed E-state index contributed by atoms with van der Waals surface area (Å²) in [4.78, 5) is 38.8. The van der Waals surface area contributed by atoms with Crippen LogP contribution in [0, 0.1) is 10.1 Å². The number of allylic oxidation sites excluding steroid dienone is 2. The molecular formula is C22H26N3O6S2+. The molecule has 1 saturated heterocycles. The number of carboxylic acids is 1. The molecule has 1 fully saturated rings. The zero-order valence-electron chi connectivity index (χ0n) is 18.5. The number of thioether (sulfide) groups is 1. The first-order valence-corrected chi connectivity index (χ1v) is 12.0. The van der Waals surface area contributed by atoms with Crippen LogP contribution in [-0.2, 0) is 16.0 Å². The molecule has 0 aromatic heterocycles. The minimum absolute atomic E-state index is 0.00348. The molecule has 0 bridgehead atoms. The molecular weight excluding hydrogens is 466 g/mol. The molecule has 1 aromatic rings. The largest absolute Gasteiger partial charge is 0.474 e. The highest BCUT2D eigenvalue weighted by molar-refractivity contribution is 8.03. The quantitative estimate of drug-likeness (QED) is 0.174. The summed E-state index contributed by atoms with van der Waals surface area (Å²) in [5.41, 5.74) is 1.91. The second-order valence-corrected chi connectivity index (χ2v) is 10.5. The van der Waals surface area contributed by atoms with Gasteiger partial charge in [-0.3, -0.25) is 10.1 Å². The third kappa shape index (κ3) is 3.49. The Labute approximate surface area is 200 Å². The van der Waals surface area contributed by atoms with E-state index in [0.717, 1.165) is 22.6 Å². The monoisotopic (exact) mass is 492 g/mol. The molecule has 2 N–H and O–H groups in total. The van der Waals surface area contributed by atoms with Crippen molar-refractivity contribution >= 4 is 42.0 Å². The third-order valence-corrected chi connectivity index (χ3v) is 8.78. The van der Waals surface area contributed by atoms with Crippen LogP contribution >= 0.6 is 24.4 Å². The molecule has 0 spiro atoms. The number of hydrogen-bond donors (Lipinski definition) is 3. The highest BCUT2D eigenvalue weighted by Crippen LogP contribution is 2.54. The zero-order chi connectivity index (χ0) is 24.2. The van der Waals surface area contributed by atoms with Crippen LogP contribution in [0.1, 0.15) is 39.2 Å². The lowest BCUT2D eigenvalue weighted by molar-refractivity contribution is -0.906. The number of aliphatic hydroxyl groups excluding tert-OH is 1. The fraction of sp³-hybridized carbons (Fsp3) is 0.455. The van der Waals surface area contributed by atoms with Gasteiger partial charge >= 0.3 is 11.9 Å². The van der Waals surface area contributed by atoms with Gasteiger partial charge in [-0.05, 0) is 32.3 Å². The van der Waals surface area contributed by atoms with E-state index in [9.17, 15) is 29.9 Å². The third-order valence-electron chi connectivity index (χ3n) is 6.95. The van der Waals surface area contributed by atoms with Crippen molar-refractivity contribution in [1.82, 2.24) is 4.90 Å². The molecule has 4 rings (SSSR count). The van der Waals surface area contributed by atoms with Crippen LogP contribution < -0.4 is 0 Å². The van der Waals surface area contributed by atoms with E-state index >= 15 is 0 Å². The van der Waals surface area contributed by atoms with Crippen LogP contribution in [0.2, 0.25) is 0 Å². The van der Waals surface area contributed by atoms with Crippen LogP contribution in [0.3, 0.4) is 0 Å². The molecule has 33 heavy (non-hydrogen) atoms. The smallest absolute Gasteiger partial charge is 0.391 e. The highest BCUT2D eigenvalue weighted by atomic mass is 32.2. The van der Waals surface area contributed by atoms with E-state index in [1.54, 1.807) is 23.9 Å². The number of nitro benzene ring substituents is 1. The minimum Gasteiger partial charge on any atom is -0.474 e. The Morgan fingerprint density at radius 2 is 2.00 bits per heavy atom.